The second kappa shape index (κ2) is 3.21. The normalized spacial score (nSPS) is 17.6. The fourth-order valence-electron chi connectivity index (χ4n) is 1.36. The maximum absolute atomic E-state index is 11.6. The molecule has 0 bridgehead atoms. The van der Waals surface area contributed by atoms with Crippen LogP contribution in [-0.4, -0.2) is 14.4 Å². The van der Waals surface area contributed by atoms with Crippen LogP contribution in [0, 0.1) is 6.92 Å². The molecule has 2 rings (SSSR count). The first-order chi connectivity index (χ1) is 6.90. The highest BCUT2D eigenvalue weighted by molar-refractivity contribution is 9.10. The molecule has 1 heterocycles. The molecule has 80 valence electrons. The van der Waals surface area contributed by atoms with Crippen molar-refractivity contribution in [2.75, 3.05) is 5.32 Å². The van der Waals surface area contributed by atoms with Crippen molar-refractivity contribution in [1.82, 2.24) is 4.72 Å². The molecule has 0 unspecified atom stereocenters. The number of hydrogen-bond acceptors (Lipinski definition) is 3. The third kappa shape index (κ3) is 1.72. The summed E-state index contributed by atoms with van der Waals surface area (Å²) in [7, 11) is -3.73. The van der Waals surface area contributed by atoms with Crippen LogP contribution in [0.3, 0.4) is 0 Å². The summed E-state index contributed by atoms with van der Waals surface area (Å²) in [6.45, 7) is 1.77. The SMILES string of the molecule is Cc1cc(Br)c2c(c1)S(=O)(=O)NC(=O)N2. The minimum absolute atomic E-state index is 0.0778. The number of nitrogens with one attached hydrogen (secondary N) is 2. The number of urea groups is 1. The number of amides is 2. The first-order valence-corrected chi connectivity index (χ1v) is 6.32. The summed E-state index contributed by atoms with van der Waals surface area (Å²) in [5.74, 6) is 0. The van der Waals surface area contributed by atoms with Crippen molar-refractivity contribution < 1.29 is 13.2 Å². The van der Waals surface area contributed by atoms with Crippen LogP contribution in [-0.2, 0) is 10.0 Å². The Hall–Kier alpha value is -1.08. The Labute approximate surface area is 95.0 Å². The summed E-state index contributed by atoms with van der Waals surface area (Å²) < 4.78 is 25.6. The van der Waals surface area contributed by atoms with E-state index in [1.165, 1.54) is 6.07 Å². The molecular formula is C8H7BrN2O3S. The number of anilines is 1. The molecule has 1 aliphatic heterocycles. The molecule has 1 aromatic rings. The van der Waals surface area contributed by atoms with Gasteiger partial charge in [0.2, 0.25) is 0 Å². The smallest absolute Gasteiger partial charge is 0.305 e. The number of sulfonamides is 1. The fraction of sp³-hybridized carbons (Fsp3) is 0.125. The van der Waals surface area contributed by atoms with E-state index >= 15 is 0 Å². The van der Waals surface area contributed by atoms with Gasteiger partial charge in [-0.3, -0.25) is 0 Å². The molecule has 0 saturated carbocycles. The second-order valence-corrected chi connectivity index (χ2v) is 5.68. The summed E-state index contributed by atoms with van der Waals surface area (Å²) in [5.41, 5.74) is 1.08. The highest BCUT2D eigenvalue weighted by atomic mass is 79.9. The number of hydrogen-bond donors (Lipinski definition) is 2. The number of benzene rings is 1. The highest BCUT2D eigenvalue weighted by Crippen LogP contribution is 2.33. The quantitative estimate of drug-likeness (QED) is 0.762. The molecule has 2 amide bonds. The molecule has 0 aliphatic carbocycles. The third-order valence-electron chi connectivity index (χ3n) is 1.95. The molecule has 1 aromatic carbocycles. The summed E-state index contributed by atoms with van der Waals surface area (Å²) in [4.78, 5) is 11.1. The first-order valence-electron chi connectivity index (χ1n) is 4.04. The number of halogens is 1. The lowest BCUT2D eigenvalue weighted by Crippen LogP contribution is -2.39. The number of carbonyl (C=O) groups is 1. The van der Waals surface area contributed by atoms with Gasteiger partial charge >= 0.3 is 6.03 Å². The Balaban J connectivity index is 2.78. The van der Waals surface area contributed by atoms with Crippen molar-refractivity contribution in [3.8, 4) is 0 Å². The van der Waals surface area contributed by atoms with E-state index in [-0.39, 0.29) is 10.6 Å². The maximum Gasteiger partial charge on any atom is 0.333 e. The maximum atomic E-state index is 11.6. The van der Waals surface area contributed by atoms with Gasteiger partial charge < -0.3 is 5.32 Å². The average Bonchev–Trinajstić information content (AvgIpc) is 2.06. The van der Waals surface area contributed by atoms with Crippen LogP contribution >= 0.6 is 15.9 Å². The first kappa shape index (κ1) is 10.4. The van der Waals surface area contributed by atoms with E-state index in [1.807, 2.05) is 4.72 Å². The molecule has 0 saturated heterocycles. The number of carbonyl (C=O) groups excluding carboxylic acids is 1. The summed E-state index contributed by atoms with van der Waals surface area (Å²) in [6, 6.07) is 2.49. The molecule has 0 aromatic heterocycles. The molecule has 0 atom stereocenters. The Kier molecular flexibility index (Phi) is 2.23. The Morgan fingerprint density at radius 3 is 2.67 bits per heavy atom. The van der Waals surface area contributed by atoms with Crippen LogP contribution in [0.5, 0.6) is 0 Å². The number of fused-ring (bicyclic) bond motifs is 1. The molecule has 7 heteroatoms. The predicted octanol–water partition coefficient (Wildman–Crippen LogP) is 1.58. The van der Waals surface area contributed by atoms with Gasteiger partial charge in [0.05, 0.1) is 5.69 Å². The number of rotatable bonds is 0. The van der Waals surface area contributed by atoms with Crippen molar-refractivity contribution in [1.29, 1.82) is 0 Å². The van der Waals surface area contributed by atoms with E-state index in [9.17, 15) is 13.2 Å². The van der Waals surface area contributed by atoms with Gasteiger partial charge in [0.1, 0.15) is 4.90 Å². The van der Waals surface area contributed by atoms with Gasteiger partial charge in [0.15, 0.2) is 0 Å². The van der Waals surface area contributed by atoms with Gasteiger partial charge in [0.25, 0.3) is 10.0 Å². The van der Waals surface area contributed by atoms with Crippen LogP contribution in [0.15, 0.2) is 21.5 Å². The monoisotopic (exact) mass is 290 g/mol. The average molecular weight is 291 g/mol. The van der Waals surface area contributed by atoms with E-state index in [4.69, 9.17) is 0 Å². The van der Waals surface area contributed by atoms with Gasteiger partial charge in [-0.1, -0.05) is 0 Å². The van der Waals surface area contributed by atoms with Crippen LogP contribution in [0.1, 0.15) is 5.56 Å². The van der Waals surface area contributed by atoms with Crippen molar-refractivity contribution in [3.05, 3.63) is 22.2 Å². The molecule has 5 nitrogen and oxygen atoms in total. The number of aryl methyl sites for hydroxylation is 1. The van der Waals surface area contributed by atoms with Crippen LogP contribution in [0.2, 0.25) is 0 Å². The largest absolute Gasteiger partial charge is 0.333 e. The molecule has 0 fully saturated rings. The standard InChI is InChI=1S/C8H7BrN2O3S/c1-4-2-5(9)7-6(3-4)15(13,14)11-8(12)10-7/h2-3H,1H3,(H2,10,11,12). The van der Waals surface area contributed by atoms with Crippen LogP contribution in [0.25, 0.3) is 0 Å². The Morgan fingerprint density at radius 1 is 1.33 bits per heavy atom. The highest BCUT2D eigenvalue weighted by Gasteiger charge is 2.29. The van der Waals surface area contributed by atoms with E-state index < -0.39 is 16.1 Å². The summed E-state index contributed by atoms with van der Waals surface area (Å²) >= 11 is 3.21. The lowest BCUT2D eigenvalue weighted by atomic mass is 10.2. The zero-order valence-electron chi connectivity index (χ0n) is 7.67. The van der Waals surface area contributed by atoms with Crippen molar-refractivity contribution in [3.63, 3.8) is 0 Å². The van der Waals surface area contributed by atoms with Crippen LogP contribution in [0.4, 0.5) is 10.5 Å². The zero-order valence-corrected chi connectivity index (χ0v) is 10.1. The molecule has 2 N–H and O–H groups in total. The van der Waals surface area contributed by atoms with E-state index in [1.54, 1.807) is 13.0 Å². The molecule has 15 heavy (non-hydrogen) atoms. The Bertz CT molecular complexity index is 553. The van der Waals surface area contributed by atoms with Crippen molar-refractivity contribution in [2.45, 2.75) is 11.8 Å². The molecule has 0 radical (unpaired) electrons. The lowest BCUT2D eigenvalue weighted by Gasteiger charge is -2.19. The van der Waals surface area contributed by atoms with Crippen molar-refractivity contribution in [2.24, 2.45) is 0 Å². The van der Waals surface area contributed by atoms with Gasteiger partial charge in [-0.25, -0.2) is 17.9 Å². The molecule has 0 spiro atoms. The minimum Gasteiger partial charge on any atom is -0.305 e. The fourth-order valence-corrected chi connectivity index (χ4v) is 3.34. The van der Waals surface area contributed by atoms with Crippen molar-refractivity contribution >= 4 is 37.7 Å². The van der Waals surface area contributed by atoms with Crippen LogP contribution < -0.4 is 10.0 Å². The molecular weight excluding hydrogens is 284 g/mol. The van der Waals surface area contributed by atoms with Gasteiger partial charge in [-0.2, -0.15) is 0 Å². The summed E-state index contributed by atoms with van der Waals surface area (Å²) in [5, 5.41) is 2.43. The van der Waals surface area contributed by atoms with Gasteiger partial charge in [-0.15, -0.1) is 0 Å². The minimum atomic E-state index is -3.73. The van der Waals surface area contributed by atoms with E-state index in [2.05, 4.69) is 21.2 Å². The van der Waals surface area contributed by atoms with E-state index in [0.29, 0.717) is 4.47 Å². The summed E-state index contributed by atoms with van der Waals surface area (Å²) in [6.07, 6.45) is 0. The Morgan fingerprint density at radius 2 is 2.00 bits per heavy atom. The topological polar surface area (TPSA) is 75.3 Å². The van der Waals surface area contributed by atoms with E-state index in [0.717, 1.165) is 5.56 Å². The second-order valence-electron chi connectivity index (χ2n) is 3.18. The lowest BCUT2D eigenvalue weighted by molar-refractivity contribution is 0.256. The zero-order chi connectivity index (χ0) is 11.2. The predicted molar refractivity (Wildman–Crippen MR) is 58.2 cm³/mol. The van der Waals surface area contributed by atoms with Gasteiger partial charge in [0, 0.05) is 4.47 Å². The third-order valence-corrected chi connectivity index (χ3v) is 3.93. The molecule has 1 aliphatic rings. The van der Waals surface area contributed by atoms with Gasteiger partial charge in [-0.05, 0) is 40.5 Å².